The van der Waals surface area contributed by atoms with E-state index in [1.54, 1.807) is 6.20 Å². The van der Waals surface area contributed by atoms with Gasteiger partial charge in [-0.3, -0.25) is 0 Å². The molecule has 0 bridgehead atoms. The molecule has 0 atom stereocenters. The van der Waals surface area contributed by atoms with E-state index < -0.39 is 18.3 Å². The molecule has 1 fully saturated rings. The van der Waals surface area contributed by atoms with Gasteiger partial charge in [-0.2, -0.15) is 0 Å². The summed E-state index contributed by atoms with van der Waals surface area (Å²) in [6.07, 6.45) is 7.50. The first-order chi connectivity index (χ1) is 8.77. The molecule has 0 aromatic carbocycles. The van der Waals surface area contributed by atoms with Gasteiger partial charge in [-0.15, -0.1) is 12.3 Å². The largest absolute Gasteiger partial charge is 0.498 e. The first-order valence-corrected chi connectivity index (χ1v) is 6.58. The maximum Gasteiger partial charge on any atom is 0.498 e. The zero-order valence-electron chi connectivity index (χ0n) is 11.7. The van der Waals surface area contributed by atoms with Gasteiger partial charge in [0, 0.05) is 18.1 Å². The van der Waals surface area contributed by atoms with E-state index in [0.29, 0.717) is 11.6 Å². The summed E-state index contributed by atoms with van der Waals surface area (Å²) in [6.45, 7) is 8.00. The molecule has 19 heavy (non-hydrogen) atoms. The summed E-state index contributed by atoms with van der Waals surface area (Å²) in [6, 6.07) is 1.90. The van der Waals surface area contributed by atoms with Crippen molar-refractivity contribution in [2.75, 3.05) is 0 Å². The fourth-order valence-electron chi connectivity index (χ4n) is 1.86. The summed E-state index contributed by atoms with van der Waals surface area (Å²) >= 11 is 6.14. The smallest absolute Gasteiger partial charge is 0.399 e. The lowest BCUT2D eigenvalue weighted by molar-refractivity contribution is 0.00578. The molecule has 2 heterocycles. The second-order valence-electron chi connectivity index (χ2n) is 5.69. The molecule has 1 aliphatic heterocycles. The second-order valence-corrected chi connectivity index (χ2v) is 6.05. The normalized spacial score (nSPS) is 20.3. The molecular formula is C14H17BClNO2. The molecule has 0 aliphatic carbocycles. The van der Waals surface area contributed by atoms with Gasteiger partial charge in [0.25, 0.3) is 0 Å². The van der Waals surface area contributed by atoms with Crippen molar-refractivity contribution in [1.82, 2.24) is 4.98 Å². The summed E-state index contributed by atoms with van der Waals surface area (Å²) < 4.78 is 11.9. The zero-order chi connectivity index (χ0) is 14.3. The van der Waals surface area contributed by atoms with Crippen LogP contribution in [0.5, 0.6) is 0 Å². The van der Waals surface area contributed by atoms with E-state index in [-0.39, 0.29) is 0 Å². The van der Waals surface area contributed by atoms with E-state index in [0.717, 1.165) is 11.0 Å². The summed E-state index contributed by atoms with van der Waals surface area (Å²) in [5, 5.41) is 0.388. The van der Waals surface area contributed by atoms with Crippen molar-refractivity contribution in [2.45, 2.75) is 45.3 Å². The first-order valence-electron chi connectivity index (χ1n) is 6.20. The Morgan fingerprint density at radius 1 is 1.32 bits per heavy atom. The summed E-state index contributed by atoms with van der Waals surface area (Å²) in [5.74, 6) is 2.59. The van der Waals surface area contributed by atoms with Gasteiger partial charge < -0.3 is 9.31 Å². The highest BCUT2D eigenvalue weighted by atomic mass is 35.5. The predicted octanol–water partition coefficient (Wildman–Crippen LogP) is 2.21. The van der Waals surface area contributed by atoms with Crippen LogP contribution in [-0.2, 0) is 15.7 Å². The molecule has 0 saturated carbocycles. The maximum absolute atomic E-state index is 6.14. The van der Waals surface area contributed by atoms with Crippen LogP contribution < -0.4 is 5.46 Å². The monoisotopic (exact) mass is 277 g/mol. The number of terminal acetylenes is 1. The van der Waals surface area contributed by atoms with Gasteiger partial charge in [-0.25, -0.2) is 4.98 Å². The van der Waals surface area contributed by atoms with Crippen molar-refractivity contribution in [3.8, 4) is 12.3 Å². The molecule has 100 valence electrons. The van der Waals surface area contributed by atoms with E-state index in [2.05, 4.69) is 10.9 Å². The van der Waals surface area contributed by atoms with E-state index in [1.807, 2.05) is 33.8 Å². The molecule has 0 spiro atoms. The lowest BCUT2D eigenvalue weighted by atomic mass is 9.79. The van der Waals surface area contributed by atoms with Gasteiger partial charge in [-0.1, -0.05) is 17.7 Å². The Morgan fingerprint density at radius 2 is 1.89 bits per heavy atom. The Bertz CT molecular complexity index is 521. The molecule has 2 rings (SSSR count). The quantitative estimate of drug-likeness (QED) is 0.472. The van der Waals surface area contributed by atoms with Gasteiger partial charge in [0.1, 0.15) is 5.15 Å². The van der Waals surface area contributed by atoms with Gasteiger partial charge in [-0.05, 0) is 33.3 Å². The molecule has 1 aromatic heterocycles. The molecule has 1 aromatic rings. The first kappa shape index (κ1) is 14.4. The summed E-state index contributed by atoms with van der Waals surface area (Å²) in [5.41, 5.74) is 0.858. The Morgan fingerprint density at radius 3 is 2.42 bits per heavy atom. The molecular weight excluding hydrogens is 260 g/mol. The predicted molar refractivity (Wildman–Crippen MR) is 77.5 cm³/mol. The number of hydrogen-bond acceptors (Lipinski definition) is 3. The van der Waals surface area contributed by atoms with Crippen LogP contribution >= 0.6 is 11.6 Å². The molecule has 5 heteroatoms. The minimum Gasteiger partial charge on any atom is -0.399 e. The van der Waals surface area contributed by atoms with Crippen LogP contribution in [0, 0.1) is 12.3 Å². The number of aromatic nitrogens is 1. The van der Waals surface area contributed by atoms with Crippen molar-refractivity contribution in [1.29, 1.82) is 0 Å². The topological polar surface area (TPSA) is 31.4 Å². The fraction of sp³-hybridized carbons (Fsp3) is 0.500. The molecule has 0 N–H and O–H groups in total. The minimum atomic E-state index is -0.511. The third kappa shape index (κ3) is 2.64. The third-order valence-corrected chi connectivity index (χ3v) is 4.05. The van der Waals surface area contributed by atoms with Crippen LogP contribution in [0.3, 0.4) is 0 Å². The molecule has 0 amide bonds. The fourth-order valence-corrected chi connectivity index (χ4v) is 2.05. The highest BCUT2D eigenvalue weighted by Crippen LogP contribution is 2.36. The molecule has 0 unspecified atom stereocenters. The van der Waals surface area contributed by atoms with Gasteiger partial charge >= 0.3 is 7.12 Å². The lowest BCUT2D eigenvalue weighted by Gasteiger charge is -2.32. The number of nitrogens with zero attached hydrogens (tertiary/aromatic N) is 1. The van der Waals surface area contributed by atoms with E-state index in [4.69, 9.17) is 27.3 Å². The van der Waals surface area contributed by atoms with E-state index in [9.17, 15) is 0 Å². The summed E-state index contributed by atoms with van der Waals surface area (Å²) in [4.78, 5) is 4.15. The van der Waals surface area contributed by atoms with Crippen LogP contribution in [0.25, 0.3) is 0 Å². The Balaban J connectivity index is 2.34. The van der Waals surface area contributed by atoms with Crippen molar-refractivity contribution in [2.24, 2.45) is 0 Å². The lowest BCUT2D eigenvalue weighted by Crippen LogP contribution is -2.41. The molecule has 1 saturated heterocycles. The van der Waals surface area contributed by atoms with E-state index >= 15 is 0 Å². The van der Waals surface area contributed by atoms with Gasteiger partial charge in [0.15, 0.2) is 0 Å². The van der Waals surface area contributed by atoms with E-state index in [1.165, 1.54) is 0 Å². The van der Waals surface area contributed by atoms with Gasteiger partial charge in [0.05, 0.1) is 11.2 Å². The third-order valence-electron chi connectivity index (χ3n) is 3.74. The van der Waals surface area contributed by atoms with Crippen molar-refractivity contribution in [3.63, 3.8) is 0 Å². The minimum absolute atomic E-state index is 0.388. The zero-order valence-corrected chi connectivity index (χ0v) is 12.4. The van der Waals surface area contributed by atoms with Crippen LogP contribution in [0.1, 0.15) is 33.3 Å². The molecule has 1 aliphatic rings. The second kappa shape index (κ2) is 4.83. The highest BCUT2D eigenvalue weighted by Gasteiger charge is 2.52. The molecule has 0 radical (unpaired) electrons. The van der Waals surface area contributed by atoms with Crippen LogP contribution in [0.2, 0.25) is 5.15 Å². The van der Waals surface area contributed by atoms with Crippen LogP contribution in [0.15, 0.2) is 12.3 Å². The van der Waals surface area contributed by atoms with Crippen LogP contribution in [0.4, 0.5) is 0 Å². The average Bonchev–Trinajstić information content (AvgIpc) is 2.51. The molecule has 3 nitrogen and oxygen atoms in total. The number of halogens is 1. The average molecular weight is 278 g/mol. The van der Waals surface area contributed by atoms with Crippen LogP contribution in [-0.4, -0.2) is 23.3 Å². The maximum atomic E-state index is 6.14. The Kier molecular flexibility index (Phi) is 3.66. The Labute approximate surface area is 119 Å². The SMILES string of the molecule is C#CCc1cnc(Cl)c(B2OC(C)(C)C(C)(C)O2)c1. The summed E-state index contributed by atoms with van der Waals surface area (Å²) in [7, 11) is -0.511. The number of rotatable bonds is 2. The van der Waals surface area contributed by atoms with Crippen molar-refractivity contribution >= 4 is 24.2 Å². The highest BCUT2D eigenvalue weighted by molar-refractivity contribution is 6.65. The number of pyridine rings is 1. The standard InChI is InChI=1S/C14H17BClNO2/c1-6-7-10-8-11(12(16)17-9-10)15-18-13(2,3)14(4,5)19-15/h1,8-9H,7H2,2-5H3. The van der Waals surface area contributed by atoms with Crippen molar-refractivity contribution < 1.29 is 9.31 Å². The van der Waals surface area contributed by atoms with Gasteiger partial charge in [0.2, 0.25) is 0 Å². The number of hydrogen-bond donors (Lipinski definition) is 0. The van der Waals surface area contributed by atoms with Crippen molar-refractivity contribution in [3.05, 3.63) is 23.0 Å². The Hall–Kier alpha value is -1.02.